The average molecular weight is 324 g/mol. The van der Waals surface area contributed by atoms with E-state index in [9.17, 15) is 9.18 Å². The number of amides is 1. The number of hydrogen-bond acceptors (Lipinski definition) is 2. The lowest BCUT2D eigenvalue weighted by atomic mass is 10.0. The minimum atomic E-state index is -0.277. The zero-order chi connectivity index (χ0) is 14.7. The van der Waals surface area contributed by atoms with E-state index in [4.69, 9.17) is 0 Å². The Kier molecular flexibility index (Phi) is 5.57. The van der Waals surface area contributed by atoms with Gasteiger partial charge in [-0.3, -0.25) is 4.79 Å². The summed E-state index contributed by atoms with van der Waals surface area (Å²) in [5, 5.41) is 3.29. The number of hydrogen-bond donors (Lipinski definition) is 2. The van der Waals surface area contributed by atoms with Crippen molar-refractivity contribution in [3.63, 3.8) is 0 Å². The number of H-pyrrole nitrogens is 1. The van der Waals surface area contributed by atoms with E-state index in [2.05, 4.69) is 10.3 Å². The number of aromatic nitrogens is 1. The first-order valence-electron chi connectivity index (χ1n) is 7.18. The zero-order valence-electron chi connectivity index (χ0n) is 12.1. The fourth-order valence-corrected chi connectivity index (χ4v) is 2.63. The molecule has 3 rings (SSSR count). The van der Waals surface area contributed by atoms with Crippen LogP contribution in [-0.2, 0) is 0 Å². The summed E-state index contributed by atoms with van der Waals surface area (Å²) in [4.78, 5) is 17.5. The van der Waals surface area contributed by atoms with Crippen molar-refractivity contribution in [1.82, 2.24) is 15.2 Å². The van der Waals surface area contributed by atoms with Gasteiger partial charge in [0.25, 0.3) is 5.91 Å². The maximum Gasteiger partial charge on any atom is 0.256 e. The highest BCUT2D eigenvalue weighted by Crippen LogP contribution is 2.25. The average Bonchev–Trinajstić information content (AvgIpc) is 2.82. The largest absolute Gasteiger partial charge is 0.366 e. The molecule has 1 amide bonds. The molecular weight excluding hydrogens is 305 g/mol. The van der Waals surface area contributed by atoms with E-state index in [-0.39, 0.29) is 24.1 Å². The molecule has 1 aromatic carbocycles. The summed E-state index contributed by atoms with van der Waals surface area (Å²) < 4.78 is 13.0. The Bertz CT molecular complexity index is 619. The first-order valence-corrected chi connectivity index (χ1v) is 7.18. The maximum atomic E-state index is 13.0. The van der Waals surface area contributed by atoms with Crippen LogP contribution in [0, 0.1) is 5.82 Å². The van der Waals surface area contributed by atoms with Gasteiger partial charge in [0.05, 0.1) is 5.56 Å². The second-order valence-electron chi connectivity index (χ2n) is 5.19. The van der Waals surface area contributed by atoms with Crippen molar-refractivity contribution in [3.05, 3.63) is 48.0 Å². The van der Waals surface area contributed by atoms with E-state index in [0.29, 0.717) is 12.1 Å². The lowest BCUT2D eigenvalue weighted by Crippen LogP contribution is -2.34. The van der Waals surface area contributed by atoms with Crippen LogP contribution in [0.15, 0.2) is 36.7 Å². The van der Waals surface area contributed by atoms with Crippen LogP contribution in [0.5, 0.6) is 0 Å². The third-order valence-electron chi connectivity index (χ3n) is 3.76. The van der Waals surface area contributed by atoms with Gasteiger partial charge in [0.1, 0.15) is 5.82 Å². The molecular formula is C16H19ClFN3O. The summed E-state index contributed by atoms with van der Waals surface area (Å²) in [7, 11) is 0. The second-order valence-corrected chi connectivity index (χ2v) is 5.19. The van der Waals surface area contributed by atoms with Gasteiger partial charge >= 0.3 is 0 Å². The molecule has 2 N–H and O–H groups in total. The fourth-order valence-electron chi connectivity index (χ4n) is 2.63. The molecule has 22 heavy (non-hydrogen) atoms. The molecule has 1 aliphatic rings. The fraction of sp³-hybridized carbons (Fsp3) is 0.312. The SMILES string of the molecule is Cl.O=C(c1c[nH]cc1-c1ccc(F)cc1)N1CCCNCC1. The molecule has 2 heterocycles. The van der Waals surface area contributed by atoms with E-state index in [1.807, 2.05) is 4.90 Å². The van der Waals surface area contributed by atoms with Gasteiger partial charge in [0, 0.05) is 37.6 Å². The van der Waals surface area contributed by atoms with Crippen LogP contribution in [-0.4, -0.2) is 42.0 Å². The van der Waals surface area contributed by atoms with E-state index in [1.54, 1.807) is 24.5 Å². The molecule has 0 spiro atoms. The summed E-state index contributed by atoms with van der Waals surface area (Å²) in [6.45, 7) is 3.25. The lowest BCUT2D eigenvalue weighted by molar-refractivity contribution is 0.0767. The maximum absolute atomic E-state index is 13.0. The van der Waals surface area contributed by atoms with Crippen molar-refractivity contribution in [1.29, 1.82) is 0 Å². The number of carbonyl (C=O) groups is 1. The Hall–Kier alpha value is -1.85. The highest BCUT2D eigenvalue weighted by Gasteiger charge is 2.21. The summed E-state index contributed by atoms with van der Waals surface area (Å²) in [6, 6.07) is 6.21. The number of benzene rings is 1. The van der Waals surface area contributed by atoms with Crippen molar-refractivity contribution < 1.29 is 9.18 Å². The Morgan fingerprint density at radius 2 is 1.86 bits per heavy atom. The number of rotatable bonds is 2. The van der Waals surface area contributed by atoms with Crippen LogP contribution < -0.4 is 5.32 Å². The molecule has 4 nitrogen and oxygen atoms in total. The molecule has 2 aromatic rings. The predicted molar refractivity (Wildman–Crippen MR) is 86.8 cm³/mol. The van der Waals surface area contributed by atoms with E-state index in [0.717, 1.165) is 37.2 Å². The number of carbonyl (C=O) groups excluding carboxylic acids is 1. The third kappa shape index (κ3) is 3.48. The van der Waals surface area contributed by atoms with Gasteiger partial charge in [0.15, 0.2) is 0 Å². The van der Waals surface area contributed by atoms with Crippen LogP contribution in [0.2, 0.25) is 0 Å². The Morgan fingerprint density at radius 3 is 2.64 bits per heavy atom. The number of nitrogens with one attached hydrogen (secondary N) is 2. The first kappa shape index (κ1) is 16.5. The normalized spacial score (nSPS) is 15.0. The van der Waals surface area contributed by atoms with Gasteiger partial charge in [-0.2, -0.15) is 0 Å². The Balaban J connectivity index is 0.00000176. The second kappa shape index (κ2) is 7.42. The number of halogens is 2. The summed E-state index contributed by atoms with van der Waals surface area (Å²) in [5.74, 6) is -0.250. The van der Waals surface area contributed by atoms with Gasteiger partial charge in [-0.25, -0.2) is 4.39 Å². The molecule has 0 unspecified atom stereocenters. The van der Waals surface area contributed by atoms with E-state index >= 15 is 0 Å². The zero-order valence-corrected chi connectivity index (χ0v) is 13.0. The molecule has 0 atom stereocenters. The molecule has 1 saturated heterocycles. The van der Waals surface area contributed by atoms with Crippen LogP contribution >= 0.6 is 12.4 Å². The van der Waals surface area contributed by atoms with Crippen LogP contribution in [0.25, 0.3) is 11.1 Å². The van der Waals surface area contributed by atoms with E-state index < -0.39 is 0 Å². The molecule has 1 aliphatic heterocycles. The van der Waals surface area contributed by atoms with Crippen LogP contribution in [0.3, 0.4) is 0 Å². The monoisotopic (exact) mass is 323 g/mol. The molecule has 118 valence electrons. The molecule has 0 saturated carbocycles. The molecule has 6 heteroatoms. The summed E-state index contributed by atoms with van der Waals surface area (Å²) in [5.41, 5.74) is 2.30. The van der Waals surface area contributed by atoms with E-state index in [1.165, 1.54) is 12.1 Å². The van der Waals surface area contributed by atoms with Crippen molar-refractivity contribution in [2.45, 2.75) is 6.42 Å². The van der Waals surface area contributed by atoms with Crippen LogP contribution in [0.4, 0.5) is 4.39 Å². The molecule has 0 radical (unpaired) electrons. The quantitative estimate of drug-likeness (QED) is 0.892. The summed E-state index contributed by atoms with van der Waals surface area (Å²) in [6.07, 6.45) is 4.47. The third-order valence-corrected chi connectivity index (χ3v) is 3.76. The molecule has 0 bridgehead atoms. The van der Waals surface area contributed by atoms with Crippen molar-refractivity contribution >= 4 is 18.3 Å². The first-order chi connectivity index (χ1) is 10.3. The van der Waals surface area contributed by atoms with Gasteiger partial charge in [-0.15, -0.1) is 12.4 Å². The highest BCUT2D eigenvalue weighted by atomic mass is 35.5. The van der Waals surface area contributed by atoms with Gasteiger partial charge in [-0.1, -0.05) is 12.1 Å². The molecule has 1 fully saturated rings. The topological polar surface area (TPSA) is 48.1 Å². The Labute approximate surface area is 135 Å². The molecule has 0 aliphatic carbocycles. The predicted octanol–water partition coefficient (Wildman–Crippen LogP) is 2.68. The number of nitrogens with zero attached hydrogens (tertiary/aromatic N) is 1. The minimum absolute atomic E-state index is 0. The summed E-state index contributed by atoms with van der Waals surface area (Å²) >= 11 is 0. The van der Waals surface area contributed by atoms with Crippen molar-refractivity contribution in [3.8, 4) is 11.1 Å². The van der Waals surface area contributed by atoms with Gasteiger partial charge in [-0.05, 0) is 30.7 Å². The van der Waals surface area contributed by atoms with Crippen LogP contribution in [0.1, 0.15) is 16.8 Å². The smallest absolute Gasteiger partial charge is 0.256 e. The lowest BCUT2D eigenvalue weighted by Gasteiger charge is -2.20. The molecule has 1 aromatic heterocycles. The standard InChI is InChI=1S/C16H18FN3O.ClH/c17-13-4-2-12(3-5-13)14-10-19-11-15(14)16(21)20-8-1-6-18-7-9-20;/h2-5,10-11,18-19H,1,6-9H2;1H. The van der Waals surface area contributed by atoms with Crippen molar-refractivity contribution in [2.75, 3.05) is 26.2 Å². The Morgan fingerprint density at radius 1 is 1.09 bits per heavy atom. The minimum Gasteiger partial charge on any atom is -0.366 e. The van der Waals surface area contributed by atoms with Gasteiger partial charge < -0.3 is 15.2 Å². The van der Waals surface area contributed by atoms with Gasteiger partial charge in [0.2, 0.25) is 0 Å². The van der Waals surface area contributed by atoms with Crippen molar-refractivity contribution in [2.24, 2.45) is 0 Å². The highest BCUT2D eigenvalue weighted by molar-refractivity contribution is 6.00. The number of aromatic amines is 1.